The molecule has 0 fully saturated rings. The van der Waals surface area contributed by atoms with Crippen LogP contribution in [0, 0.1) is 0 Å². The number of Topliss-reactive ketones (excluding diaryl/α,β-unsaturated/α-hetero) is 1. The smallest absolute Gasteiger partial charge is 0.176 e. The first-order chi connectivity index (χ1) is 6.57. The van der Waals surface area contributed by atoms with Crippen molar-refractivity contribution in [3.63, 3.8) is 0 Å². The van der Waals surface area contributed by atoms with Crippen LogP contribution in [-0.4, -0.2) is 10.6 Å². The number of ketones is 1. The van der Waals surface area contributed by atoms with Gasteiger partial charge in [-0.1, -0.05) is 44.0 Å². The van der Waals surface area contributed by atoms with Gasteiger partial charge in [0.2, 0.25) is 0 Å². The predicted octanol–water partition coefficient (Wildman–Crippen LogP) is 3.88. The fourth-order valence-electron chi connectivity index (χ4n) is 1.14. The monoisotopic (exact) mass is 322 g/mol. The highest BCUT2D eigenvalue weighted by atomic mass is 79.9. The molecule has 1 aromatic rings. The molecule has 0 amide bonds. The van der Waals surface area contributed by atoms with E-state index < -0.39 is 6.67 Å². The van der Waals surface area contributed by atoms with E-state index in [1.807, 2.05) is 0 Å². The largest absolute Gasteiger partial charge is 0.293 e. The van der Waals surface area contributed by atoms with Crippen molar-refractivity contribution < 1.29 is 9.18 Å². The van der Waals surface area contributed by atoms with Gasteiger partial charge >= 0.3 is 0 Å². The third-order valence-electron chi connectivity index (χ3n) is 1.88. The molecule has 0 saturated heterocycles. The molecular formula is C10H9Br2FO. The Morgan fingerprint density at radius 3 is 2.71 bits per heavy atom. The molecule has 0 radical (unpaired) electrons. The average Bonchev–Trinajstić information content (AvgIpc) is 2.16. The van der Waals surface area contributed by atoms with Crippen LogP contribution in [0.1, 0.15) is 22.8 Å². The fourth-order valence-corrected chi connectivity index (χ4v) is 1.86. The van der Waals surface area contributed by atoms with E-state index in [1.165, 1.54) is 0 Å². The van der Waals surface area contributed by atoms with Crippen molar-refractivity contribution in [3.8, 4) is 0 Å². The van der Waals surface area contributed by atoms with Gasteiger partial charge in [0.25, 0.3) is 0 Å². The highest BCUT2D eigenvalue weighted by Crippen LogP contribution is 2.23. The zero-order chi connectivity index (χ0) is 10.7. The Morgan fingerprint density at radius 1 is 1.57 bits per heavy atom. The second-order valence-electron chi connectivity index (χ2n) is 2.88. The molecule has 0 aliphatic rings. The lowest BCUT2D eigenvalue weighted by atomic mass is 10.0. The molecule has 1 rings (SSSR count). The molecule has 0 saturated carbocycles. The maximum absolute atomic E-state index is 12.7. The van der Waals surface area contributed by atoms with E-state index in [1.54, 1.807) is 25.1 Å². The van der Waals surface area contributed by atoms with Crippen LogP contribution in [0.4, 0.5) is 4.39 Å². The Bertz CT molecular complexity index is 350. The van der Waals surface area contributed by atoms with E-state index in [2.05, 4.69) is 31.9 Å². The summed E-state index contributed by atoms with van der Waals surface area (Å²) in [6, 6.07) is 5.09. The zero-order valence-corrected chi connectivity index (χ0v) is 10.7. The summed E-state index contributed by atoms with van der Waals surface area (Å²) in [5.74, 6) is -0.0982. The molecule has 0 heterocycles. The first kappa shape index (κ1) is 11.9. The summed E-state index contributed by atoms with van der Waals surface area (Å²) >= 11 is 6.39. The molecule has 1 aromatic carbocycles. The molecule has 0 N–H and O–H groups in total. The van der Waals surface area contributed by atoms with Gasteiger partial charge in [0.05, 0.1) is 4.83 Å². The Balaban J connectivity index is 3.20. The molecule has 1 unspecified atom stereocenters. The second kappa shape index (κ2) is 5.03. The van der Waals surface area contributed by atoms with Gasteiger partial charge in [0.15, 0.2) is 5.78 Å². The maximum atomic E-state index is 12.7. The van der Waals surface area contributed by atoms with Crippen LogP contribution in [0.3, 0.4) is 0 Å². The molecule has 1 atom stereocenters. The van der Waals surface area contributed by atoms with E-state index in [-0.39, 0.29) is 10.6 Å². The number of hydrogen-bond acceptors (Lipinski definition) is 1. The third kappa shape index (κ3) is 2.42. The zero-order valence-electron chi connectivity index (χ0n) is 7.56. The van der Waals surface area contributed by atoms with Crippen molar-refractivity contribution in [2.45, 2.75) is 18.4 Å². The SMILES string of the molecule is CC(Br)C(=O)c1cccc(Br)c1CF. The van der Waals surface area contributed by atoms with Gasteiger partial charge in [0.1, 0.15) is 6.67 Å². The Morgan fingerprint density at radius 2 is 2.21 bits per heavy atom. The van der Waals surface area contributed by atoms with E-state index in [0.717, 1.165) is 0 Å². The Hall–Kier alpha value is -0.220. The first-order valence-corrected chi connectivity index (χ1v) is 5.80. The van der Waals surface area contributed by atoms with Crippen molar-refractivity contribution in [2.24, 2.45) is 0 Å². The molecule has 4 heteroatoms. The molecule has 0 spiro atoms. The number of halogens is 3. The van der Waals surface area contributed by atoms with Gasteiger partial charge in [-0.2, -0.15) is 0 Å². The van der Waals surface area contributed by atoms with Crippen LogP contribution < -0.4 is 0 Å². The molecule has 0 aliphatic heterocycles. The van der Waals surface area contributed by atoms with Crippen molar-refractivity contribution in [1.29, 1.82) is 0 Å². The lowest BCUT2D eigenvalue weighted by Crippen LogP contribution is -2.12. The number of alkyl halides is 2. The van der Waals surface area contributed by atoms with Gasteiger partial charge in [-0.15, -0.1) is 0 Å². The van der Waals surface area contributed by atoms with Gasteiger partial charge < -0.3 is 0 Å². The van der Waals surface area contributed by atoms with E-state index >= 15 is 0 Å². The number of carbonyl (C=O) groups excluding carboxylic acids is 1. The standard InChI is InChI=1S/C10H9Br2FO/c1-6(11)10(14)7-3-2-4-9(12)8(7)5-13/h2-4,6H,5H2,1H3. The third-order valence-corrected chi connectivity index (χ3v) is 3.04. The Kier molecular flexibility index (Phi) is 4.26. The quantitative estimate of drug-likeness (QED) is 0.609. The summed E-state index contributed by atoms with van der Waals surface area (Å²) in [4.78, 5) is 11.4. The summed E-state index contributed by atoms with van der Waals surface area (Å²) in [7, 11) is 0. The van der Waals surface area contributed by atoms with Gasteiger partial charge in [-0.05, 0) is 13.0 Å². The summed E-state index contributed by atoms with van der Waals surface area (Å²) in [5.41, 5.74) is 0.857. The minimum atomic E-state index is -0.637. The highest BCUT2D eigenvalue weighted by Gasteiger charge is 2.17. The molecule has 0 bridgehead atoms. The fraction of sp³-hybridized carbons (Fsp3) is 0.300. The summed E-state index contributed by atoms with van der Waals surface area (Å²) in [6.45, 7) is 1.09. The molecule has 0 aliphatic carbocycles. The van der Waals surface area contributed by atoms with Gasteiger partial charge in [0, 0.05) is 15.6 Å². The average molecular weight is 324 g/mol. The minimum absolute atomic E-state index is 0.0982. The van der Waals surface area contributed by atoms with Crippen molar-refractivity contribution in [1.82, 2.24) is 0 Å². The number of hydrogen-bond donors (Lipinski definition) is 0. The summed E-state index contributed by atoms with van der Waals surface area (Å²) < 4.78 is 13.3. The van der Waals surface area contributed by atoms with Crippen LogP contribution in [0.5, 0.6) is 0 Å². The van der Waals surface area contributed by atoms with Crippen LogP contribution in [-0.2, 0) is 6.67 Å². The summed E-state index contributed by atoms with van der Waals surface area (Å²) in [5, 5.41) is 0. The molecule has 76 valence electrons. The van der Waals surface area contributed by atoms with E-state index in [9.17, 15) is 9.18 Å². The van der Waals surface area contributed by atoms with Crippen molar-refractivity contribution in [2.75, 3.05) is 0 Å². The highest BCUT2D eigenvalue weighted by molar-refractivity contribution is 9.10. The minimum Gasteiger partial charge on any atom is -0.293 e. The normalized spacial score (nSPS) is 12.6. The maximum Gasteiger partial charge on any atom is 0.176 e. The lowest BCUT2D eigenvalue weighted by molar-refractivity contribution is 0.0994. The summed E-state index contributed by atoms with van der Waals surface area (Å²) in [6.07, 6.45) is 0. The van der Waals surface area contributed by atoms with Crippen LogP contribution >= 0.6 is 31.9 Å². The van der Waals surface area contributed by atoms with Crippen LogP contribution in [0.2, 0.25) is 0 Å². The van der Waals surface area contributed by atoms with Gasteiger partial charge in [-0.25, -0.2) is 4.39 Å². The van der Waals surface area contributed by atoms with Gasteiger partial charge in [-0.3, -0.25) is 4.79 Å². The van der Waals surface area contributed by atoms with E-state index in [0.29, 0.717) is 15.6 Å². The number of benzene rings is 1. The van der Waals surface area contributed by atoms with Crippen LogP contribution in [0.15, 0.2) is 22.7 Å². The predicted molar refractivity (Wildman–Crippen MR) is 61.7 cm³/mol. The molecule has 1 nitrogen and oxygen atoms in total. The van der Waals surface area contributed by atoms with Crippen molar-refractivity contribution in [3.05, 3.63) is 33.8 Å². The molecule has 14 heavy (non-hydrogen) atoms. The van der Waals surface area contributed by atoms with E-state index in [4.69, 9.17) is 0 Å². The second-order valence-corrected chi connectivity index (χ2v) is 5.11. The molecular weight excluding hydrogens is 315 g/mol. The number of carbonyl (C=O) groups is 1. The number of rotatable bonds is 3. The Labute approximate surface area is 99.0 Å². The topological polar surface area (TPSA) is 17.1 Å². The first-order valence-electron chi connectivity index (χ1n) is 4.09. The lowest BCUT2D eigenvalue weighted by Gasteiger charge is -2.08. The molecule has 0 aromatic heterocycles. The van der Waals surface area contributed by atoms with Crippen LogP contribution in [0.25, 0.3) is 0 Å². The van der Waals surface area contributed by atoms with Crippen molar-refractivity contribution >= 4 is 37.6 Å².